The van der Waals surface area contributed by atoms with E-state index in [0.717, 1.165) is 0 Å². The molecule has 0 aromatic heterocycles. The first-order valence-corrected chi connectivity index (χ1v) is 18.1. The fraction of sp³-hybridized carbons (Fsp3) is 1.00. The number of rotatable bonds is 9. The fourth-order valence-electron chi connectivity index (χ4n) is 8.34. The highest BCUT2D eigenvalue weighted by Crippen LogP contribution is 2.46. The molecule has 0 saturated heterocycles. The van der Waals surface area contributed by atoms with Crippen LogP contribution in [0.15, 0.2) is 0 Å². The third-order valence-electron chi connectivity index (χ3n) is 8.53. The summed E-state index contributed by atoms with van der Waals surface area (Å²) in [4.78, 5) is 0. The first-order chi connectivity index (χ1) is 17.2. The molecule has 0 aliphatic carbocycles. The van der Waals surface area contributed by atoms with Crippen LogP contribution in [-0.4, -0.2) is 61.2 Å². The molecule has 0 radical (unpaired) electrons. The van der Waals surface area contributed by atoms with Gasteiger partial charge in [-0.25, -0.2) is 0 Å². The molecule has 240 valence electrons. The van der Waals surface area contributed by atoms with Crippen LogP contribution < -0.4 is 0 Å². The summed E-state index contributed by atoms with van der Waals surface area (Å²) >= 11 is -2.10. The predicted octanol–water partition coefficient (Wildman–Crippen LogP) is 10.5. The highest BCUT2D eigenvalue weighted by atomic mass is 27.2. The molecule has 0 aromatic rings. The summed E-state index contributed by atoms with van der Waals surface area (Å²) in [6, 6.07) is 1.33. The number of hydrogen-bond acceptors (Lipinski definition) is 3. The second-order valence-corrected chi connectivity index (χ2v) is 22.6. The zero-order valence-electron chi connectivity index (χ0n) is 32.4. The van der Waals surface area contributed by atoms with E-state index in [9.17, 15) is 0 Å². The molecule has 3 nitrogen and oxygen atoms in total. The van der Waals surface area contributed by atoms with Crippen molar-refractivity contribution >= 4 is 14.8 Å². The van der Waals surface area contributed by atoms with Gasteiger partial charge in [-0.2, -0.15) is 0 Å². The molecule has 0 aliphatic rings. The van der Waals surface area contributed by atoms with E-state index in [1.54, 1.807) is 0 Å². The lowest BCUT2D eigenvalue weighted by atomic mass is 9.78. The zero-order valence-corrected chi connectivity index (χ0v) is 33.5. The van der Waals surface area contributed by atoms with Crippen molar-refractivity contribution < 1.29 is 0 Å². The molecule has 0 spiro atoms. The van der Waals surface area contributed by atoms with Crippen LogP contribution in [0.3, 0.4) is 0 Å². The van der Waals surface area contributed by atoms with E-state index in [0.29, 0.717) is 35.9 Å². The molecule has 3 unspecified atom stereocenters. The third kappa shape index (κ3) is 10.3. The summed E-state index contributed by atoms with van der Waals surface area (Å²) < 4.78 is 9.32. The van der Waals surface area contributed by atoms with Crippen molar-refractivity contribution in [3.05, 3.63) is 0 Å². The van der Waals surface area contributed by atoms with E-state index in [2.05, 4.69) is 178 Å². The van der Waals surface area contributed by atoms with Crippen molar-refractivity contribution in [2.75, 3.05) is 0 Å². The van der Waals surface area contributed by atoms with Crippen LogP contribution in [-0.2, 0) is 0 Å². The van der Waals surface area contributed by atoms with Gasteiger partial charge in [0.1, 0.15) is 0 Å². The van der Waals surface area contributed by atoms with E-state index in [4.69, 9.17) is 0 Å². The SMILES string of the molecule is CC(C)C([N]([Al]([N](C(C(C)C)C(C)(C)C)C(C)(C)C)[N](C(C(C)C)C(C)(C)C)C(C)(C)C)C(C)(C)C)C(C)(C)C. The van der Waals surface area contributed by atoms with Gasteiger partial charge in [0.05, 0.1) is 0 Å². The highest BCUT2D eigenvalue weighted by molar-refractivity contribution is 6.50. The lowest BCUT2D eigenvalue weighted by molar-refractivity contribution is -0.0312. The normalized spacial score (nSPS) is 17.6. The van der Waals surface area contributed by atoms with Gasteiger partial charge in [-0.05, 0) is 131 Å². The second-order valence-electron chi connectivity index (χ2n) is 20.2. The maximum absolute atomic E-state index is 3.11. The first kappa shape index (κ1) is 40.4. The summed E-state index contributed by atoms with van der Waals surface area (Å²) in [5.74, 6) is 1.62. The maximum Gasteiger partial charge on any atom is 0.611 e. The van der Waals surface area contributed by atoms with Gasteiger partial charge in [-0.15, -0.1) is 0 Å². The van der Waals surface area contributed by atoms with Crippen LogP contribution in [0.25, 0.3) is 0 Å². The highest BCUT2D eigenvalue weighted by Gasteiger charge is 2.61. The molecule has 0 N–H and O–H groups in total. The molecule has 0 rings (SSSR count). The van der Waals surface area contributed by atoms with Gasteiger partial charge in [0, 0.05) is 0 Å². The van der Waals surface area contributed by atoms with E-state index in [1.807, 2.05) is 0 Å². The standard InChI is InChI=1S/3C12H26N.Al/c3*1-9(2)10(11(3,4)5)13-12(6,7)8;/h3*9-10H,1-8H3;/q3*-1;+3. The minimum atomic E-state index is -2.10. The van der Waals surface area contributed by atoms with Crippen LogP contribution in [0.2, 0.25) is 0 Å². The summed E-state index contributed by atoms with van der Waals surface area (Å²) in [5, 5.41) is 0. The minimum absolute atomic E-state index is 0.00489. The average Bonchev–Trinajstić information content (AvgIpc) is 2.58. The van der Waals surface area contributed by atoms with Crippen LogP contribution in [0.1, 0.15) is 166 Å². The zero-order chi connectivity index (χ0) is 32.8. The van der Waals surface area contributed by atoms with Gasteiger partial charge >= 0.3 is 14.8 Å². The fourth-order valence-corrected chi connectivity index (χ4v) is 14.5. The monoisotopic (exact) mass is 580 g/mol. The van der Waals surface area contributed by atoms with Gasteiger partial charge in [0.2, 0.25) is 0 Å². The van der Waals surface area contributed by atoms with Crippen molar-refractivity contribution in [2.45, 2.75) is 201 Å². The number of hydrogen-bond donors (Lipinski definition) is 0. The van der Waals surface area contributed by atoms with E-state index in [-0.39, 0.29) is 32.9 Å². The summed E-state index contributed by atoms with van der Waals surface area (Å²) in [5.41, 5.74) is 0.443. The molecule has 0 fully saturated rings. The van der Waals surface area contributed by atoms with Crippen LogP contribution in [0.4, 0.5) is 0 Å². The van der Waals surface area contributed by atoms with Crippen molar-refractivity contribution in [3.8, 4) is 0 Å². The molecule has 0 heterocycles. The lowest BCUT2D eigenvalue weighted by Crippen LogP contribution is -2.81. The topological polar surface area (TPSA) is 9.72 Å². The smallest absolute Gasteiger partial charge is 0.349 e. The second kappa shape index (κ2) is 13.2. The van der Waals surface area contributed by atoms with Crippen LogP contribution in [0, 0.1) is 34.0 Å². The van der Waals surface area contributed by atoms with Gasteiger partial charge in [0.25, 0.3) is 0 Å². The Morgan fingerprint density at radius 1 is 0.325 bits per heavy atom. The molecular weight excluding hydrogens is 501 g/mol. The molecular formula is C36H78AlN3. The first-order valence-electron chi connectivity index (χ1n) is 16.6. The molecule has 3 atom stereocenters. The Morgan fingerprint density at radius 2 is 0.475 bits per heavy atom. The molecule has 0 bridgehead atoms. The van der Waals surface area contributed by atoms with Crippen LogP contribution in [0.5, 0.6) is 0 Å². The van der Waals surface area contributed by atoms with Crippen LogP contribution >= 0.6 is 0 Å². The Labute approximate surface area is 260 Å². The Kier molecular flexibility index (Phi) is 13.3. The Morgan fingerprint density at radius 3 is 0.550 bits per heavy atom. The van der Waals surface area contributed by atoms with E-state index >= 15 is 0 Å². The average molecular weight is 580 g/mol. The molecule has 4 heteroatoms. The summed E-state index contributed by atoms with van der Waals surface area (Å²) in [7, 11) is 0. The third-order valence-corrected chi connectivity index (χ3v) is 13.3. The Balaban J connectivity index is 8.57. The summed E-state index contributed by atoms with van der Waals surface area (Å²) in [6.45, 7) is 59.7. The quantitative estimate of drug-likeness (QED) is 0.252. The van der Waals surface area contributed by atoms with Gasteiger partial charge in [-0.1, -0.05) is 104 Å². The van der Waals surface area contributed by atoms with Crippen molar-refractivity contribution in [2.24, 2.45) is 34.0 Å². The summed E-state index contributed by atoms with van der Waals surface area (Å²) in [6.07, 6.45) is 0. The molecule has 40 heavy (non-hydrogen) atoms. The molecule has 0 amide bonds. The Hall–Kier alpha value is 0.412. The van der Waals surface area contributed by atoms with Crippen molar-refractivity contribution in [1.82, 2.24) is 11.7 Å². The van der Waals surface area contributed by atoms with Gasteiger partial charge < -0.3 is 11.7 Å². The lowest BCUT2D eigenvalue weighted by Gasteiger charge is -2.65. The maximum atomic E-state index is 3.11. The van der Waals surface area contributed by atoms with Gasteiger partial charge in [0.15, 0.2) is 0 Å². The van der Waals surface area contributed by atoms with E-state index in [1.165, 1.54) is 0 Å². The molecule has 0 aromatic carbocycles. The number of nitrogens with zero attached hydrogens (tertiary/aromatic N) is 3. The molecule has 0 saturated carbocycles. The largest absolute Gasteiger partial charge is 0.611 e. The van der Waals surface area contributed by atoms with E-state index < -0.39 is 14.8 Å². The predicted molar refractivity (Wildman–Crippen MR) is 185 cm³/mol. The van der Waals surface area contributed by atoms with Crippen molar-refractivity contribution in [1.29, 1.82) is 0 Å². The van der Waals surface area contributed by atoms with Gasteiger partial charge in [-0.3, -0.25) is 0 Å². The van der Waals surface area contributed by atoms with Crippen molar-refractivity contribution in [3.63, 3.8) is 0 Å². The molecule has 0 aliphatic heterocycles. The Bertz CT molecular complexity index is 652. The minimum Gasteiger partial charge on any atom is -0.349 e.